The molecule has 0 saturated heterocycles. The first kappa shape index (κ1) is 16.6. The molecular formula is C18H20Br2O. The first-order valence-electron chi connectivity index (χ1n) is 7.25. The molecule has 1 nitrogen and oxygen atoms in total. The highest BCUT2D eigenvalue weighted by molar-refractivity contribution is 9.10. The Bertz CT molecular complexity index is 608. The summed E-state index contributed by atoms with van der Waals surface area (Å²) in [6.07, 6.45) is 2.02. The van der Waals surface area contributed by atoms with Gasteiger partial charge in [-0.2, -0.15) is 0 Å². The molecule has 0 radical (unpaired) electrons. The van der Waals surface area contributed by atoms with Crippen LogP contribution in [0.4, 0.5) is 0 Å². The van der Waals surface area contributed by atoms with Crippen LogP contribution < -0.4 is 4.74 Å². The molecule has 0 spiro atoms. The van der Waals surface area contributed by atoms with Crippen LogP contribution in [0.15, 0.2) is 40.9 Å². The van der Waals surface area contributed by atoms with E-state index in [9.17, 15) is 0 Å². The second-order valence-corrected chi connectivity index (χ2v) is 6.46. The Balaban J connectivity index is 2.21. The van der Waals surface area contributed by atoms with Gasteiger partial charge in [0.1, 0.15) is 12.4 Å². The van der Waals surface area contributed by atoms with Crippen LogP contribution in [0.1, 0.15) is 36.1 Å². The lowest BCUT2D eigenvalue weighted by atomic mass is 10.1. The van der Waals surface area contributed by atoms with Crippen LogP contribution >= 0.6 is 31.9 Å². The molecule has 0 unspecified atom stereocenters. The summed E-state index contributed by atoms with van der Waals surface area (Å²) in [5, 5.41) is 0.842. The van der Waals surface area contributed by atoms with E-state index in [-0.39, 0.29) is 0 Å². The molecule has 0 heterocycles. The Morgan fingerprint density at radius 3 is 2.33 bits per heavy atom. The Morgan fingerprint density at radius 2 is 1.67 bits per heavy atom. The van der Waals surface area contributed by atoms with E-state index >= 15 is 0 Å². The SMILES string of the molecule is CCc1ccc(CC)c(OCc2cc(Br)ccc2CBr)c1. The summed E-state index contributed by atoms with van der Waals surface area (Å²) >= 11 is 7.07. The van der Waals surface area contributed by atoms with Gasteiger partial charge in [0.2, 0.25) is 0 Å². The Hall–Kier alpha value is -0.800. The first-order chi connectivity index (χ1) is 10.2. The van der Waals surface area contributed by atoms with Gasteiger partial charge in [0.25, 0.3) is 0 Å². The minimum atomic E-state index is 0.598. The van der Waals surface area contributed by atoms with Crippen molar-refractivity contribution in [2.45, 2.75) is 38.6 Å². The molecule has 2 aromatic rings. The van der Waals surface area contributed by atoms with E-state index in [1.54, 1.807) is 0 Å². The van der Waals surface area contributed by atoms with Gasteiger partial charge in [0.05, 0.1) is 0 Å². The van der Waals surface area contributed by atoms with Crippen molar-refractivity contribution in [3.05, 3.63) is 63.1 Å². The molecule has 0 aromatic heterocycles. The van der Waals surface area contributed by atoms with Crippen LogP contribution in [0.3, 0.4) is 0 Å². The zero-order chi connectivity index (χ0) is 15.2. The molecule has 0 aliphatic carbocycles. The number of hydrogen-bond acceptors (Lipinski definition) is 1. The van der Waals surface area contributed by atoms with Crippen molar-refractivity contribution in [1.29, 1.82) is 0 Å². The lowest BCUT2D eigenvalue weighted by Gasteiger charge is -2.14. The fourth-order valence-electron chi connectivity index (χ4n) is 2.26. The molecule has 2 rings (SSSR count). The zero-order valence-electron chi connectivity index (χ0n) is 12.5. The molecule has 0 amide bonds. The second kappa shape index (κ2) is 8.00. The highest BCUT2D eigenvalue weighted by Gasteiger charge is 2.07. The van der Waals surface area contributed by atoms with E-state index in [1.807, 2.05) is 0 Å². The average molecular weight is 412 g/mol. The molecule has 3 heteroatoms. The second-order valence-electron chi connectivity index (χ2n) is 4.98. The number of hydrogen-bond donors (Lipinski definition) is 0. The summed E-state index contributed by atoms with van der Waals surface area (Å²) in [5.41, 5.74) is 5.06. The maximum absolute atomic E-state index is 6.11. The third kappa shape index (κ3) is 4.33. The molecule has 0 atom stereocenters. The van der Waals surface area contributed by atoms with E-state index in [4.69, 9.17) is 4.74 Å². The Labute approximate surface area is 144 Å². The predicted molar refractivity (Wildman–Crippen MR) is 96.3 cm³/mol. The van der Waals surface area contributed by atoms with Gasteiger partial charge in [-0.15, -0.1) is 0 Å². The third-order valence-electron chi connectivity index (χ3n) is 3.62. The molecule has 0 aliphatic rings. The van der Waals surface area contributed by atoms with Gasteiger partial charge in [-0.05, 0) is 53.3 Å². The van der Waals surface area contributed by atoms with Crippen LogP contribution in [-0.4, -0.2) is 0 Å². The molecule has 0 saturated carbocycles. The van der Waals surface area contributed by atoms with Crippen molar-refractivity contribution >= 4 is 31.9 Å². The standard InChI is InChI=1S/C18H20Br2O/c1-3-13-5-6-14(4-2)18(9-13)21-12-16-10-17(20)8-7-15(16)11-19/h5-10H,3-4,11-12H2,1-2H3. The number of benzene rings is 2. The van der Waals surface area contributed by atoms with Crippen LogP contribution in [-0.2, 0) is 24.8 Å². The van der Waals surface area contributed by atoms with Gasteiger partial charge in [-0.25, -0.2) is 0 Å². The van der Waals surface area contributed by atoms with Crippen molar-refractivity contribution in [2.75, 3.05) is 0 Å². The molecule has 0 bridgehead atoms. The number of aryl methyl sites for hydroxylation is 2. The van der Waals surface area contributed by atoms with Crippen LogP contribution in [0.25, 0.3) is 0 Å². The van der Waals surface area contributed by atoms with E-state index in [0.717, 1.165) is 28.4 Å². The summed E-state index contributed by atoms with van der Waals surface area (Å²) in [5.74, 6) is 1.01. The van der Waals surface area contributed by atoms with Crippen molar-refractivity contribution in [2.24, 2.45) is 0 Å². The monoisotopic (exact) mass is 410 g/mol. The molecule has 0 aliphatic heterocycles. The highest BCUT2D eigenvalue weighted by atomic mass is 79.9. The number of halogens is 2. The van der Waals surface area contributed by atoms with Gasteiger partial charge in [-0.3, -0.25) is 0 Å². The van der Waals surface area contributed by atoms with Gasteiger partial charge >= 0.3 is 0 Å². The van der Waals surface area contributed by atoms with Crippen LogP contribution in [0.2, 0.25) is 0 Å². The topological polar surface area (TPSA) is 9.23 Å². The van der Waals surface area contributed by atoms with E-state index in [1.165, 1.54) is 22.3 Å². The molecule has 0 fully saturated rings. The largest absolute Gasteiger partial charge is 0.489 e. The molecule has 21 heavy (non-hydrogen) atoms. The first-order valence-corrected chi connectivity index (χ1v) is 9.17. The van der Waals surface area contributed by atoms with Crippen LogP contribution in [0.5, 0.6) is 5.75 Å². The summed E-state index contributed by atoms with van der Waals surface area (Å²) in [4.78, 5) is 0. The van der Waals surface area contributed by atoms with E-state index in [0.29, 0.717) is 6.61 Å². The number of ether oxygens (including phenoxy) is 1. The van der Waals surface area contributed by atoms with E-state index < -0.39 is 0 Å². The van der Waals surface area contributed by atoms with E-state index in [2.05, 4.69) is 82.1 Å². The lowest BCUT2D eigenvalue weighted by Crippen LogP contribution is -2.02. The summed E-state index contributed by atoms with van der Waals surface area (Å²) in [6.45, 7) is 4.93. The predicted octanol–water partition coefficient (Wildman–Crippen LogP) is 6.05. The third-order valence-corrected chi connectivity index (χ3v) is 4.71. The Kier molecular flexibility index (Phi) is 6.31. The number of alkyl halides is 1. The van der Waals surface area contributed by atoms with Gasteiger partial charge in [-0.1, -0.05) is 63.9 Å². The minimum absolute atomic E-state index is 0.598. The van der Waals surface area contributed by atoms with Crippen molar-refractivity contribution in [3.8, 4) is 5.75 Å². The molecule has 112 valence electrons. The fourth-order valence-corrected chi connectivity index (χ4v) is 3.22. The van der Waals surface area contributed by atoms with Crippen molar-refractivity contribution in [3.63, 3.8) is 0 Å². The maximum atomic E-state index is 6.11. The zero-order valence-corrected chi connectivity index (χ0v) is 15.6. The summed E-state index contributed by atoms with van der Waals surface area (Å²) in [7, 11) is 0. The average Bonchev–Trinajstić information content (AvgIpc) is 2.52. The Morgan fingerprint density at radius 1 is 0.905 bits per heavy atom. The smallest absolute Gasteiger partial charge is 0.123 e. The van der Waals surface area contributed by atoms with Gasteiger partial charge in [0.15, 0.2) is 0 Å². The molecule has 2 aromatic carbocycles. The number of rotatable bonds is 6. The summed E-state index contributed by atoms with van der Waals surface area (Å²) < 4.78 is 7.20. The highest BCUT2D eigenvalue weighted by Crippen LogP contribution is 2.25. The van der Waals surface area contributed by atoms with Gasteiger partial charge in [0, 0.05) is 9.80 Å². The quantitative estimate of drug-likeness (QED) is 0.525. The van der Waals surface area contributed by atoms with Crippen molar-refractivity contribution < 1.29 is 4.74 Å². The van der Waals surface area contributed by atoms with Gasteiger partial charge < -0.3 is 4.74 Å². The normalized spacial score (nSPS) is 10.7. The lowest BCUT2D eigenvalue weighted by molar-refractivity contribution is 0.302. The van der Waals surface area contributed by atoms with Crippen LogP contribution in [0, 0.1) is 0 Å². The molecular weight excluding hydrogens is 392 g/mol. The summed E-state index contributed by atoms with van der Waals surface area (Å²) in [6, 6.07) is 12.9. The minimum Gasteiger partial charge on any atom is -0.489 e. The van der Waals surface area contributed by atoms with Crippen molar-refractivity contribution in [1.82, 2.24) is 0 Å². The maximum Gasteiger partial charge on any atom is 0.123 e. The molecule has 0 N–H and O–H groups in total. The fraction of sp³-hybridized carbons (Fsp3) is 0.333.